The van der Waals surface area contributed by atoms with Gasteiger partial charge in [0.2, 0.25) is 11.6 Å². The van der Waals surface area contributed by atoms with E-state index in [1.54, 1.807) is 18.2 Å². The maximum atomic E-state index is 13.7. The average Bonchev–Trinajstić information content (AvgIpc) is 3.26. The van der Waals surface area contributed by atoms with Crippen molar-refractivity contribution in [2.75, 3.05) is 21.3 Å². The summed E-state index contributed by atoms with van der Waals surface area (Å²) in [6.45, 7) is 0. The number of fused-ring (bicyclic) bond motifs is 1. The summed E-state index contributed by atoms with van der Waals surface area (Å²) in [5, 5.41) is 0. The Morgan fingerprint density at radius 3 is 2.19 bits per heavy atom. The molecule has 0 atom stereocenters. The summed E-state index contributed by atoms with van der Waals surface area (Å²) >= 11 is 3.43. The number of carbonyl (C=O) groups excluding carboxylic acids is 1. The minimum atomic E-state index is -0.293. The van der Waals surface area contributed by atoms with Crippen molar-refractivity contribution in [1.29, 1.82) is 0 Å². The van der Waals surface area contributed by atoms with E-state index in [-0.39, 0.29) is 11.7 Å². The van der Waals surface area contributed by atoms with Crippen LogP contribution in [0.15, 0.2) is 69.6 Å². The molecule has 1 aromatic heterocycles. The van der Waals surface area contributed by atoms with E-state index in [0.29, 0.717) is 39.5 Å². The van der Waals surface area contributed by atoms with Crippen LogP contribution < -0.4 is 14.2 Å². The number of oxazole rings is 1. The van der Waals surface area contributed by atoms with Gasteiger partial charge in [0.15, 0.2) is 22.9 Å². The predicted molar refractivity (Wildman–Crippen MR) is 126 cm³/mol. The van der Waals surface area contributed by atoms with Gasteiger partial charge >= 0.3 is 0 Å². The van der Waals surface area contributed by atoms with Crippen molar-refractivity contribution in [2.24, 2.45) is 0 Å². The first-order valence-electron chi connectivity index (χ1n) is 9.72. The molecule has 0 aliphatic rings. The molecule has 3 aromatic carbocycles. The fourth-order valence-electron chi connectivity index (χ4n) is 3.31. The molecule has 0 amide bonds. The number of para-hydroxylation sites is 2. The number of halogens is 1. The predicted octanol–water partition coefficient (Wildman–Crippen LogP) is 6.04. The summed E-state index contributed by atoms with van der Waals surface area (Å²) in [6.07, 6.45) is 1.75. The number of rotatable bonds is 7. The molecule has 1 heterocycles. The van der Waals surface area contributed by atoms with Crippen LogP contribution in [-0.4, -0.2) is 32.1 Å². The number of aromatic nitrogens is 1. The summed E-state index contributed by atoms with van der Waals surface area (Å²) in [4.78, 5) is 18.2. The van der Waals surface area contributed by atoms with Crippen LogP contribution in [0.25, 0.3) is 22.7 Å². The minimum absolute atomic E-state index is 0.230. The van der Waals surface area contributed by atoms with Crippen LogP contribution in [0.2, 0.25) is 0 Å². The maximum absolute atomic E-state index is 13.7. The minimum Gasteiger partial charge on any atom is -0.493 e. The summed E-state index contributed by atoms with van der Waals surface area (Å²) < 4.78 is 23.1. The summed E-state index contributed by atoms with van der Waals surface area (Å²) in [6, 6.07) is 18.2. The lowest BCUT2D eigenvalue weighted by Crippen LogP contribution is -2.05. The third-order valence-electron chi connectivity index (χ3n) is 4.88. The summed E-state index contributed by atoms with van der Waals surface area (Å²) in [7, 11) is 4.52. The van der Waals surface area contributed by atoms with E-state index in [9.17, 15) is 4.79 Å². The monoisotopic (exact) mass is 493 g/mol. The van der Waals surface area contributed by atoms with Crippen molar-refractivity contribution in [1.82, 2.24) is 4.98 Å². The molecule has 0 saturated carbocycles. The Morgan fingerprint density at radius 1 is 0.938 bits per heavy atom. The van der Waals surface area contributed by atoms with Gasteiger partial charge in [0.1, 0.15) is 5.52 Å². The molecule has 0 unspecified atom stereocenters. The summed E-state index contributed by atoms with van der Waals surface area (Å²) in [5.41, 5.74) is 2.75. The van der Waals surface area contributed by atoms with Gasteiger partial charge in [0, 0.05) is 10.0 Å². The van der Waals surface area contributed by atoms with E-state index in [1.165, 1.54) is 21.3 Å². The van der Waals surface area contributed by atoms with E-state index in [2.05, 4.69) is 20.9 Å². The first kappa shape index (κ1) is 21.6. The van der Waals surface area contributed by atoms with Crippen LogP contribution in [0.4, 0.5) is 0 Å². The maximum Gasteiger partial charge on any atom is 0.231 e. The molecule has 0 radical (unpaired) electrons. The zero-order chi connectivity index (χ0) is 22.7. The van der Waals surface area contributed by atoms with Crippen molar-refractivity contribution in [3.63, 3.8) is 0 Å². The van der Waals surface area contributed by atoms with Crippen LogP contribution in [0.3, 0.4) is 0 Å². The number of allylic oxidation sites excluding steroid dienone is 1. The lowest BCUT2D eigenvalue weighted by Gasteiger charge is -2.14. The second kappa shape index (κ2) is 9.28. The smallest absolute Gasteiger partial charge is 0.231 e. The molecular weight excluding hydrogens is 474 g/mol. The van der Waals surface area contributed by atoms with Gasteiger partial charge in [-0.15, -0.1) is 0 Å². The zero-order valence-electron chi connectivity index (χ0n) is 17.7. The van der Waals surface area contributed by atoms with Crippen molar-refractivity contribution < 1.29 is 23.4 Å². The molecule has 0 aliphatic carbocycles. The number of hydrogen-bond donors (Lipinski definition) is 0. The number of ketones is 1. The first-order chi connectivity index (χ1) is 15.5. The molecule has 32 heavy (non-hydrogen) atoms. The van der Waals surface area contributed by atoms with E-state index < -0.39 is 0 Å². The molecule has 4 rings (SSSR count). The topological polar surface area (TPSA) is 70.8 Å². The normalized spacial score (nSPS) is 11.4. The average molecular weight is 494 g/mol. The second-order valence-electron chi connectivity index (χ2n) is 6.84. The summed E-state index contributed by atoms with van der Waals surface area (Å²) in [5.74, 6) is 1.12. The molecule has 0 fully saturated rings. The van der Waals surface area contributed by atoms with Gasteiger partial charge in [-0.1, -0.05) is 40.2 Å². The van der Waals surface area contributed by atoms with E-state index >= 15 is 0 Å². The molecule has 7 heteroatoms. The van der Waals surface area contributed by atoms with Gasteiger partial charge in [0.05, 0.1) is 26.9 Å². The molecule has 0 saturated heterocycles. The molecule has 0 spiro atoms. The van der Waals surface area contributed by atoms with E-state index in [0.717, 1.165) is 10.0 Å². The largest absolute Gasteiger partial charge is 0.493 e. The van der Waals surface area contributed by atoms with Crippen molar-refractivity contribution in [2.45, 2.75) is 0 Å². The highest BCUT2D eigenvalue weighted by molar-refractivity contribution is 9.10. The standard InChI is InChI=1S/C25H20BrNO5/c1-29-21-13-16(14-22(30-2)24(21)31-3)23(28)18(12-15-8-10-17(26)11-9-15)25-27-19-6-4-5-7-20(19)32-25/h4-14H,1-3H3. The third kappa shape index (κ3) is 4.24. The van der Waals surface area contributed by atoms with Crippen molar-refractivity contribution >= 4 is 44.5 Å². The number of benzene rings is 3. The molecule has 0 N–H and O–H groups in total. The Hall–Kier alpha value is -3.58. The van der Waals surface area contributed by atoms with Gasteiger partial charge in [-0.05, 0) is 48.0 Å². The molecule has 0 bridgehead atoms. The molecule has 162 valence electrons. The fraction of sp³-hybridized carbons (Fsp3) is 0.120. The quantitative estimate of drug-likeness (QED) is 0.231. The van der Waals surface area contributed by atoms with E-state index in [4.69, 9.17) is 18.6 Å². The van der Waals surface area contributed by atoms with Crippen LogP contribution in [0, 0.1) is 0 Å². The van der Waals surface area contributed by atoms with Crippen molar-refractivity contribution in [3.8, 4) is 17.2 Å². The van der Waals surface area contributed by atoms with Crippen LogP contribution >= 0.6 is 15.9 Å². The number of hydrogen-bond acceptors (Lipinski definition) is 6. The lowest BCUT2D eigenvalue weighted by atomic mass is 10.00. The van der Waals surface area contributed by atoms with Gasteiger partial charge in [-0.3, -0.25) is 4.79 Å². The fourth-order valence-corrected chi connectivity index (χ4v) is 3.57. The highest BCUT2D eigenvalue weighted by atomic mass is 79.9. The molecule has 6 nitrogen and oxygen atoms in total. The van der Waals surface area contributed by atoms with E-state index in [1.807, 2.05) is 48.5 Å². The second-order valence-corrected chi connectivity index (χ2v) is 7.76. The Kier molecular flexibility index (Phi) is 6.28. The Bertz CT molecular complexity index is 1250. The van der Waals surface area contributed by atoms with Gasteiger partial charge in [0.25, 0.3) is 0 Å². The highest BCUT2D eigenvalue weighted by Gasteiger charge is 2.23. The number of Topliss-reactive ketones (excluding diaryl/α,β-unsaturated/α-hetero) is 1. The van der Waals surface area contributed by atoms with Crippen molar-refractivity contribution in [3.05, 3.63) is 82.2 Å². The number of nitrogens with zero attached hydrogens (tertiary/aromatic N) is 1. The zero-order valence-corrected chi connectivity index (χ0v) is 19.3. The molecule has 0 aliphatic heterocycles. The van der Waals surface area contributed by atoms with Gasteiger partial charge in [-0.25, -0.2) is 4.98 Å². The molecule has 4 aromatic rings. The van der Waals surface area contributed by atoms with Gasteiger partial charge < -0.3 is 18.6 Å². The Labute approximate surface area is 193 Å². The molecular formula is C25H20BrNO5. The first-order valence-corrected chi connectivity index (χ1v) is 10.5. The number of ether oxygens (including phenoxy) is 3. The van der Waals surface area contributed by atoms with Gasteiger partial charge in [-0.2, -0.15) is 0 Å². The SMILES string of the molecule is COc1cc(C(=O)C(=Cc2ccc(Br)cc2)c2nc3ccccc3o2)cc(OC)c1OC. The van der Waals surface area contributed by atoms with Crippen LogP contribution in [-0.2, 0) is 0 Å². The van der Waals surface area contributed by atoms with Crippen LogP contribution in [0.1, 0.15) is 21.8 Å². The Morgan fingerprint density at radius 2 is 1.59 bits per heavy atom. The number of carbonyl (C=O) groups is 1. The third-order valence-corrected chi connectivity index (χ3v) is 5.41. The number of methoxy groups -OCH3 is 3. The Balaban J connectivity index is 1.88. The van der Waals surface area contributed by atoms with Crippen LogP contribution in [0.5, 0.6) is 17.2 Å². The highest BCUT2D eigenvalue weighted by Crippen LogP contribution is 2.39. The lowest BCUT2D eigenvalue weighted by molar-refractivity contribution is 0.105.